The molecule has 2 atom stereocenters. The monoisotopic (exact) mass is 296 g/mol. The molecular weight excluding hydrogens is 276 g/mol. The second-order valence-electron chi connectivity index (χ2n) is 5.22. The second kappa shape index (κ2) is 6.53. The van der Waals surface area contributed by atoms with Gasteiger partial charge in [0.1, 0.15) is 5.54 Å². The van der Waals surface area contributed by atoms with Gasteiger partial charge in [-0.25, -0.2) is 0 Å². The minimum atomic E-state index is -1.22. The zero-order valence-corrected chi connectivity index (χ0v) is 12.6. The summed E-state index contributed by atoms with van der Waals surface area (Å²) >= 11 is 0. The van der Waals surface area contributed by atoms with Crippen LogP contribution < -0.4 is 10.5 Å². The number of ether oxygens (including phenoxy) is 2. The van der Waals surface area contributed by atoms with Crippen molar-refractivity contribution >= 4 is 11.7 Å². The molecular formula is C14H20N2O5. The number of carbonyl (C=O) groups excluding carboxylic acids is 1. The molecule has 1 rings (SSSR count). The van der Waals surface area contributed by atoms with Crippen LogP contribution in [0.4, 0.5) is 5.69 Å². The third-order valence-electron chi connectivity index (χ3n) is 3.07. The molecule has 0 heterocycles. The summed E-state index contributed by atoms with van der Waals surface area (Å²) < 4.78 is 10.3. The van der Waals surface area contributed by atoms with E-state index in [0.29, 0.717) is 5.56 Å². The Balaban J connectivity index is 2.92. The molecule has 1 aromatic rings. The Morgan fingerprint density at radius 1 is 1.52 bits per heavy atom. The fourth-order valence-electron chi connectivity index (χ4n) is 2.09. The molecule has 7 heteroatoms. The van der Waals surface area contributed by atoms with Crippen LogP contribution in [0.2, 0.25) is 0 Å². The third kappa shape index (κ3) is 4.16. The number of nitrogens with zero attached hydrogens (tertiary/aromatic N) is 1. The van der Waals surface area contributed by atoms with Gasteiger partial charge in [0.25, 0.3) is 0 Å². The number of nitro groups is 1. The summed E-state index contributed by atoms with van der Waals surface area (Å²) in [4.78, 5) is 22.1. The summed E-state index contributed by atoms with van der Waals surface area (Å²) in [5, 5.41) is 11.0. The van der Waals surface area contributed by atoms with E-state index in [1.807, 2.05) is 0 Å². The first-order valence-electron chi connectivity index (χ1n) is 6.47. The summed E-state index contributed by atoms with van der Waals surface area (Å²) in [6.07, 6.45) is -0.315. The van der Waals surface area contributed by atoms with Gasteiger partial charge < -0.3 is 15.2 Å². The van der Waals surface area contributed by atoms with Crippen LogP contribution in [-0.2, 0) is 9.53 Å². The molecule has 0 spiro atoms. The number of para-hydroxylation sites is 1. The molecule has 21 heavy (non-hydrogen) atoms. The summed E-state index contributed by atoms with van der Waals surface area (Å²) in [6.45, 7) is 4.95. The molecule has 1 aromatic carbocycles. The predicted molar refractivity (Wildman–Crippen MR) is 77.1 cm³/mol. The maximum absolute atomic E-state index is 11.6. The van der Waals surface area contributed by atoms with Gasteiger partial charge in [0.15, 0.2) is 5.75 Å². The molecule has 116 valence electrons. The van der Waals surface area contributed by atoms with Gasteiger partial charge in [-0.3, -0.25) is 14.9 Å². The van der Waals surface area contributed by atoms with Crippen LogP contribution in [-0.4, -0.2) is 29.6 Å². The van der Waals surface area contributed by atoms with Crippen molar-refractivity contribution in [1.29, 1.82) is 0 Å². The van der Waals surface area contributed by atoms with E-state index < -0.39 is 22.5 Å². The Bertz CT molecular complexity index is 542. The van der Waals surface area contributed by atoms with E-state index >= 15 is 0 Å². The Hall–Kier alpha value is -2.15. The molecule has 0 saturated carbocycles. The van der Waals surface area contributed by atoms with Crippen molar-refractivity contribution in [3.63, 3.8) is 0 Å². The average Bonchev–Trinajstić information content (AvgIpc) is 2.39. The normalized spacial score (nSPS) is 14.9. The summed E-state index contributed by atoms with van der Waals surface area (Å²) in [5.74, 6) is -0.368. The van der Waals surface area contributed by atoms with Gasteiger partial charge in [-0.1, -0.05) is 12.1 Å². The number of esters is 1. The molecule has 2 unspecified atom stereocenters. The zero-order valence-electron chi connectivity index (χ0n) is 12.6. The first-order valence-corrected chi connectivity index (χ1v) is 6.47. The molecule has 0 bridgehead atoms. The van der Waals surface area contributed by atoms with Gasteiger partial charge in [-0.15, -0.1) is 0 Å². The van der Waals surface area contributed by atoms with Crippen LogP contribution in [0.5, 0.6) is 5.75 Å². The minimum absolute atomic E-state index is 0.112. The maximum atomic E-state index is 11.6. The molecule has 2 N–H and O–H groups in total. The Labute approximate surface area is 123 Å². The van der Waals surface area contributed by atoms with E-state index in [2.05, 4.69) is 4.74 Å². The van der Waals surface area contributed by atoms with Gasteiger partial charge in [0, 0.05) is 12.5 Å². The largest absolute Gasteiger partial charge is 0.484 e. The van der Waals surface area contributed by atoms with Crippen LogP contribution >= 0.6 is 0 Å². The highest BCUT2D eigenvalue weighted by molar-refractivity contribution is 5.79. The van der Waals surface area contributed by atoms with Crippen molar-refractivity contribution < 1.29 is 19.2 Å². The van der Waals surface area contributed by atoms with Crippen molar-refractivity contribution in [2.75, 3.05) is 7.11 Å². The molecule has 0 aliphatic heterocycles. The van der Waals surface area contributed by atoms with Gasteiger partial charge in [0.05, 0.1) is 18.1 Å². The lowest BCUT2D eigenvalue weighted by Gasteiger charge is -2.25. The lowest BCUT2D eigenvalue weighted by Crippen LogP contribution is -2.48. The lowest BCUT2D eigenvalue weighted by molar-refractivity contribution is -0.386. The highest BCUT2D eigenvalue weighted by atomic mass is 16.6. The van der Waals surface area contributed by atoms with E-state index in [0.717, 1.165) is 0 Å². The predicted octanol–water partition coefficient (Wildman–Crippen LogP) is 1.95. The van der Waals surface area contributed by atoms with Crippen LogP contribution in [0.1, 0.15) is 25.8 Å². The summed E-state index contributed by atoms with van der Waals surface area (Å²) in [5.41, 5.74) is 5.19. The second-order valence-corrected chi connectivity index (χ2v) is 5.22. The zero-order chi connectivity index (χ0) is 16.2. The lowest BCUT2D eigenvalue weighted by atomic mass is 9.96. The van der Waals surface area contributed by atoms with E-state index in [4.69, 9.17) is 10.5 Å². The van der Waals surface area contributed by atoms with Crippen molar-refractivity contribution in [3.05, 3.63) is 33.9 Å². The van der Waals surface area contributed by atoms with Gasteiger partial charge in [0.2, 0.25) is 0 Å². The van der Waals surface area contributed by atoms with E-state index in [-0.39, 0.29) is 17.9 Å². The average molecular weight is 296 g/mol. The van der Waals surface area contributed by atoms with Crippen molar-refractivity contribution in [3.8, 4) is 5.75 Å². The van der Waals surface area contributed by atoms with E-state index in [1.54, 1.807) is 26.0 Å². The number of aryl methyl sites for hydroxylation is 1. The first kappa shape index (κ1) is 16.9. The fraction of sp³-hybridized carbons (Fsp3) is 0.500. The Morgan fingerprint density at radius 2 is 2.14 bits per heavy atom. The van der Waals surface area contributed by atoms with E-state index in [9.17, 15) is 14.9 Å². The number of carbonyl (C=O) groups is 1. The highest BCUT2D eigenvalue weighted by Gasteiger charge is 2.33. The van der Waals surface area contributed by atoms with E-state index in [1.165, 1.54) is 20.1 Å². The number of nitrogens with two attached hydrogens (primary N) is 1. The highest BCUT2D eigenvalue weighted by Crippen LogP contribution is 2.32. The fourth-order valence-corrected chi connectivity index (χ4v) is 2.09. The standard InChI is InChI=1S/C14H20N2O5/c1-9-6-5-7-11(16(18)19)12(9)21-10(2)8-14(3,15)13(17)20-4/h5-7,10H,8,15H2,1-4H3. The number of hydrogen-bond donors (Lipinski definition) is 1. The number of hydrogen-bond acceptors (Lipinski definition) is 6. The first-order chi connectivity index (χ1) is 9.69. The SMILES string of the molecule is COC(=O)C(C)(N)CC(C)Oc1c(C)cccc1[N+](=O)[O-]. The van der Waals surface area contributed by atoms with Crippen LogP contribution in [0.15, 0.2) is 18.2 Å². The van der Waals surface area contributed by atoms with Crippen molar-refractivity contribution in [2.24, 2.45) is 5.73 Å². The summed E-state index contributed by atoms with van der Waals surface area (Å²) in [6, 6.07) is 4.68. The van der Waals surface area contributed by atoms with Gasteiger partial charge >= 0.3 is 11.7 Å². The number of rotatable bonds is 6. The van der Waals surface area contributed by atoms with Crippen molar-refractivity contribution in [1.82, 2.24) is 0 Å². The van der Waals surface area contributed by atoms with Gasteiger partial charge in [-0.05, 0) is 26.3 Å². The van der Waals surface area contributed by atoms with Crippen LogP contribution in [0, 0.1) is 17.0 Å². The molecule has 7 nitrogen and oxygen atoms in total. The third-order valence-corrected chi connectivity index (χ3v) is 3.07. The van der Waals surface area contributed by atoms with Crippen LogP contribution in [0.25, 0.3) is 0 Å². The number of methoxy groups -OCH3 is 1. The Morgan fingerprint density at radius 3 is 2.67 bits per heavy atom. The Kier molecular flexibility index (Phi) is 5.26. The molecule has 0 saturated heterocycles. The topological polar surface area (TPSA) is 105 Å². The summed E-state index contributed by atoms with van der Waals surface area (Å²) in [7, 11) is 1.26. The van der Waals surface area contributed by atoms with Crippen LogP contribution in [0.3, 0.4) is 0 Å². The quantitative estimate of drug-likeness (QED) is 0.488. The minimum Gasteiger partial charge on any atom is -0.484 e. The number of benzene rings is 1. The number of nitro benzene ring substituents is 1. The molecule has 0 fully saturated rings. The molecule has 0 aromatic heterocycles. The molecule has 0 radical (unpaired) electrons. The molecule has 0 aliphatic carbocycles. The maximum Gasteiger partial charge on any atom is 0.325 e. The smallest absolute Gasteiger partial charge is 0.325 e. The van der Waals surface area contributed by atoms with Crippen molar-refractivity contribution in [2.45, 2.75) is 38.8 Å². The molecule has 0 amide bonds. The van der Waals surface area contributed by atoms with Gasteiger partial charge in [-0.2, -0.15) is 0 Å². The molecule has 0 aliphatic rings.